The number of anilines is 1. The van der Waals surface area contributed by atoms with Crippen LogP contribution in [0.25, 0.3) is 0 Å². The summed E-state index contributed by atoms with van der Waals surface area (Å²) in [5.41, 5.74) is 6.74. The van der Waals surface area contributed by atoms with Crippen molar-refractivity contribution in [2.75, 3.05) is 24.5 Å². The van der Waals surface area contributed by atoms with E-state index in [1.165, 1.54) is 0 Å². The standard InChI is InChI=1S/C21H33N3O4/c1-14(2)16(20(27)28)10-18(25)17(22)11-23-12-19(26)24(13-21(23,3)4)15-8-6-5-7-9-15/h5-9,14,16-18,25H,10-13,22H2,1-4H3,(H,27,28)/t16-,17-,18-/m0/s1. The number of hydrogen-bond acceptors (Lipinski definition) is 5. The molecule has 0 aliphatic carbocycles. The van der Waals surface area contributed by atoms with E-state index in [4.69, 9.17) is 5.73 Å². The third-order valence-electron chi connectivity index (χ3n) is 5.64. The number of rotatable bonds is 8. The molecule has 0 aromatic heterocycles. The summed E-state index contributed by atoms with van der Waals surface area (Å²) in [6.45, 7) is 8.78. The second-order valence-electron chi connectivity index (χ2n) is 8.66. The molecule has 0 spiro atoms. The molecule has 7 nitrogen and oxygen atoms in total. The van der Waals surface area contributed by atoms with Gasteiger partial charge in [-0.25, -0.2) is 0 Å². The van der Waals surface area contributed by atoms with Crippen molar-refractivity contribution in [1.82, 2.24) is 4.90 Å². The number of nitrogens with zero attached hydrogens (tertiary/aromatic N) is 2. The van der Waals surface area contributed by atoms with Gasteiger partial charge in [0.1, 0.15) is 0 Å². The highest BCUT2D eigenvalue weighted by molar-refractivity contribution is 5.95. The lowest BCUT2D eigenvalue weighted by Crippen LogP contribution is -2.64. The van der Waals surface area contributed by atoms with Gasteiger partial charge in [0.25, 0.3) is 0 Å². The minimum atomic E-state index is -0.943. The second-order valence-corrected chi connectivity index (χ2v) is 8.66. The van der Waals surface area contributed by atoms with Crippen LogP contribution < -0.4 is 10.6 Å². The molecule has 0 bridgehead atoms. The predicted molar refractivity (Wildman–Crippen MR) is 109 cm³/mol. The highest BCUT2D eigenvalue weighted by atomic mass is 16.4. The number of para-hydroxylation sites is 1. The van der Waals surface area contributed by atoms with Crippen molar-refractivity contribution in [2.24, 2.45) is 17.6 Å². The van der Waals surface area contributed by atoms with Crippen LogP contribution in [0.4, 0.5) is 5.69 Å². The van der Waals surface area contributed by atoms with Crippen molar-refractivity contribution >= 4 is 17.6 Å². The van der Waals surface area contributed by atoms with E-state index in [9.17, 15) is 19.8 Å². The summed E-state index contributed by atoms with van der Waals surface area (Å²) in [6, 6.07) is 8.92. The number of hydrogen-bond donors (Lipinski definition) is 3. The summed E-state index contributed by atoms with van der Waals surface area (Å²) >= 11 is 0. The average molecular weight is 392 g/mol. The topological polar surface area (TPSA) is 107 Å². The number of piperazine rings is 1. The normalized spacial score (nSPS) is 20.8. The fraction of sp³-hybridized carbons (Fsp3) is 0.619. The zero-order chi connectivity index (χ0) is 21.1. The molecule has 1 fully saturated rings. The van der Waals surface area contributed by atoms with E-state index in [-0.39, 0.29) is 30.3 Å². The average Bonchev–Trinajstić information content (AvgIpc) is 2.62. The first-order valence-corrected chi connectivity index (χ1v) is 9.80. The van der Waals surface area contributed by atoms with Crippen LogP contribution in [-0.4, -0.2) is 64.3 Å². The number of amides is 1. The van der Waals surface area contributed by atoms with Crippen molar-refractivity contribution in [1.29, 1.82) is 0 Å². The number of carbonyl (C=O) groups excluding carboxylic acids is 1. The lowest BCUT2D eigenvalue weighted by Gasteiger charge is -2.47. The van der Waals surface area contributed by atoms with Gasteiger partial charge in [0, 0.05) is 30.4 Å². The summed E-state index contributed by atoms with van der Waals surface area (Å²) in [7, 11) is 0. The lowest BCUT2D eigenvalue weighted by molar-refractivity contribution is -0.144. The van der Waals surface area contributed by atoms with Crippen LogP contribution in [-0.2, 0) is 9.59 Å². The first-order chi connectivity index (χ1) is 13.0. The Morgan fingerprint density at radius 3 is 2.39 bits per heavy atom. The Labute approximate surface area is 167 Å². The van der Waals surface area contributed by atoms with Gasteiger partial charge in [-0.1, -0.05) is 32.0 Å². The summed E-state index contributed by atoms with van der Waals surface area (Å²) < 4.78 is 0. The largest absolute Gasteiger partial charge is 0.481 e. The molecule has 0 radical (unpaired) electrons. The molecule has 3 atom stereocenters. The van der Waals surface area contributed by atoms with Gasteiger partial charge in [-0.2, -0.15) is 0 Å². The van der Waals surface area contributed by atoms with Crippen molar-refractivity contribution in [3.8, 4) is 0 Å². The minimum Gasteiger partial charge on any atom is -0.481 e. The number of aliphatic hydroxyl groups excluding tert-OH is 1. The smallest absolute Gasteiger partial charge is 0.306 e. The first kappa shape index (κ1) is 22.3. The molecule has 7 heteroatoms. The van der Waals surface area contributed by atoms with Crippen molar-refractivity contribution in [2.45, 2.75) is 51.8 Å². The molecule has 1 saturated heterocycles. The quantitative estimate of drug-likeness (QED) is 0.621. The Morgan fingerprint density at radius 1 is 1.25 bits per heavy atom. The summed E-state index contributed by atoms with van der Waals surface area (Å²) in [6.07, 6.45) is -0.839. The molecule has 1 aromatic carbocycles. The Bertz CT molecular complexity index is 677. The first-order valence-electron chi connectivity index (χ1n) is 9.80. The summed E-state index contributed by atoms with van der Waals surface area (Å²) in [5, 5.41) is 19.8. The van der Waals surface area contributed by atoms with E-state index < -0.39 is 24.0 Å². The van der Waals surface area contributed by atoms with Gasteiger partial charge in [-0.15, -0.1) is 0 Å². The molecule has 2 rings (SSSR count). The molecule has 1 aromatic rings. The van der Waals surface area contributed by atoms with E-state index in [2.05, 4.69) is 0 Å². The van der Waals surface area contributed by atoms with E-state index in [0.717, 1.165) is 5.69 Å². The monoisotopic (exact) mass is 391 g/mol. The molecule has 1 aliphatic heterocycles. The third kappa shape index (κ3) is 5.31. The number of benzene rings is 1. The number of nitrogens with two attached hydrogens (primary N) is 1. The van der Waals surface area contributed by atoms with Crippen molar-refractivity contribution < 1.29 is 19.8 Å². The fourth-order valence-corrected chi connectivity index (χ4v) is 3.66. The second kappa shape index (κ2) is 9.03. The maximum Gasteiger partial charge on any atom is 0.306 e. The molecule has 0 unspecified atom stereocenters. The van der Waals surface area contributed by atoms with E-state index >= 15 is 0 Å². The van der Waals surface area contributed by atoms with Crippen LogP contribution in [0.1, 0.15) is 34.1 Å². The van der Waals surface area contributed by atoms with Gasteiger partial charge < -0.3 is 20.8 Å². The van der Waals surface area contributed by atoms with Gasteiger partial charge in [0.15, 0.2) is 0 Å². The van der Waals surface area contributed by atoms with Crippen molar-refractivity contribution in [3.05, 3.63) is 30.3 Å². The van der Waals surface area contributed by atoms with E-state index in [1.54, 1.807) is 4.90 Å². The van der Waals surface area contributed by atoms with Gasteiger partial charge in [-0.3, -0.25) is 14.5 Å². The molecular weight excluding hydrogens is 358 g/mol. The zero-order valence-electron chi connectivity index (χ0n) is 17.2. The number of carboxylic acid groups (broad SMARTS) is 1. The molecule has 1 amide bonds. The number of aliphatic hydroxyl groups is 1. The number of carbonyl (C=O) groups is 2. The lowest BCUT2D eigenvalue weighted by atomic mass is 9.87. The molecular formula is C21H33N3O4. The Balaban J connectivity index is 2.03. The molecule has 0 saturated carbocycles. The molecule has 4 N–H and O–H groups in total. The van der Waals surface area contributed by atoms with Crippen LogP contribution in [0.3, 0.4) is 0 Å². The van der Waals surface area contributed by atoms with Crippen LogP contribution >= 0.6 is 0 Å². The SMILES string of the molecule is CC(C)[C@H](C[C@H](O)[C@@H](N)CN1CC(=O)N(c2ccccc2)CC1(C)C)C(=O)O. The molecule has 1 aliphatic rings. The number of aliphatic carboxylic acids is 1. The van der Waals surface area contributed by atoms with Crippen LogP contribution in [0, 0.1) is 11.8 Å². The highest BCUT2D eigenvalue weighted by Crippen LogP contribution is 2.27. The van der Waals surface area contributed by atoms with Gasteiger partial charge >= 0.3 is 5.97 Å². The molecule has 1 heterocycles. The zero-order valence-corrected chi connectivity index (χ0v) is 17.2. The van der Waals surface area contributed by atoms with Gasteiger partial charge in [0.05, 0.1) is 18.6 Å². The van der Waals surface area contributed by atoms with Crippen LogP contribution in [0.5, 0.6) is 0 Å². The van der Waals surface area contributed by atoms with Crippen molar-refractivity contribution in [3.63, 3.8) is 0 Å². The minimum absolute atomic E-state index is 0.0159. The Morgan fingerprint density at radius 2 is 1.86 bits per heavy atom. The highest BCUT2D eigenvalue weighted by Gasteiger charge is 2.40. The summed E-state index contributed by atoms with van der Waals surface area (Å²) in [4.78, 5) is 27.9. The van der Waals surface area contributed by atoms with Crippen LogP contribution in [0.2, 0.25) is 0 Å². The maximum absolute atomic E-state index is 12.7. The summed E-state index contributed by atoms with van der Waals surface area (Å²) in [5.74, 6) is -1.68. The van der Waals surface area contributed by atoms with Gasteiger partial charge in [-0.05, 0) is 38.3 Å². The maximum atomic E-state index is 12.7. The van der Waals surface area contributed by atoms with Gasteiger partial charge in [0.2, 0.25) is 5.91 Å². The van der Waals surface area contributed by atoms with Crippen LogP contribution in [0.15, 0.2) is 30.3 Å². The number of carboxylic acids is 1. The Hall–Kier alpha value is -1.96. The third-order valence-corrected chi connectivity index (χ3v) is 5.64. The molecule has 28 heavy (non-hydrogen) atoms. The van der Waals surface area contributed by atoms with E-state index in [1.807, 2.05) is 62.9 Å². The Kier molecular flexibility index (Phi) is 7.20. The fourth-order valence-electron chi connectivity index (χ4n) is 3.66. The molecule has 156 valence electrons. The predicted octanol–water partition coefficient (Wildman–Crippen LogP) is 1.55. The van der Waals surface area contributed by atoms with E-state index in [0.29, 0.717) is 13.1 Å².